The molecule has 2 aromatic rings. The summed E-state index contributed by atoms with van der Waals surface area (Å²) in [6.07, 6.45) is 0. The first-order valence-corrected chi connectivity index (χ1v) is 6.30. The molecular formula is C12H14N2O3S. The first-order valence-electron chi connectivity index (χ1n) is 5.49. The number of H-pyrrole nitrogens is 1. The normalized spacial score (nSPS) is 12.0. The minimum atomic E-state index is -1.02. The number of fused-ring (bicyclic) bond motifs is 1. The van der Waals surface area contributed by atoms with Crippen molar-refractivity contribution < 1.29 is 9.90 Å². The van der Waals surface area contributed by atoms with Gasteiger partial charge in [-0.25, -0.2) is 9.78 Å². The Morgan fingerprint density at radius 1 is 1.39 bits per heavy atom. The predicted molar refractivity (Wildman–Crippen MR) is 70.6 cm³/mol. The van der Waals surface area contributed by atoms with Gasteiger partial charge in [0.25, 0.3) is 5.56 Å². The Balaban J connectivity index is 2.84. The molecule has 0 aromatic carbocycles. The predicted octanol–water partition coefficient (Wildman–Crippen LogP) is 2.29. The summed E-state index contributed by atoms with van der Waals surface area (Å²) in [4.78, 5) is 30.8. The van der Waals surface area contributed by atoms with Crippen LogP contribution in [0.5, 0.6) is 0 Å². The number of aryl methyl sites for hydroxylation is 1. The average Bonchev–Trinajstić information content (AvgIpc) is 2.55. The quantitative estimate of drug-likeness (QED) is 0.829. The molecule has 2 aromatic heterocycles. The highest BCUT2D eigenvalue weighted by atomic mass is 32.1. The zero-order valence-electron chi connectivity index (χ0n) is 10.6. The van der Waals surface area contributed by atoms with Crippen molar-refractivity contribution in [3.63, 3.8) is 0 Å². The van der Waals surface area contributed by atoms with E-state index in [-0.39, 0.29) is 15.9 Å². The number of carboxylic acid groups (broad SMARTS) is 1. The average molecular weight is 266 g/mol. The Morgan fingerprint density at radius 3 is 2.50 bits per heavy atom. The van der Waals surface area contributed by atoms with Gasteiger partial charge in [-0.15, -0.1) is 11.3 Å². The van der Waals surface area contributed by atoms with Gasteiger partial charge in [0.05, 0.1) is 5.39 Å². The van der Waals surface area contributed by atoms with E-state index in [1.54, 1.807) is 6.92 Å². The number of aromatic carboxylic acids is 1. The lowest BCUT2D eigenvalue weighted by molar-refractivity contribution is 0.0701. The molecule has 2 rings (SSSR count). The van der Waals surface area contributed by atoms with Gasteiger partial charge in [-0.3, -0.25) is 4.79 Å². The number of aromatic amines is 1. The molecule has 0 aliphatic carbocycles. The molecule has 6 heteroatoms. The van der Waals surface area contributed by atoms with Gasteiger partial charge in [0.15, 0.2) is 0 Å². The molecule has 5 nitrogen and oxygen atoms in total. The van der Waals surface area contributed by atoms with Gasteiger partial charge in [-0.1, -0.05) is 20.8 Å². The Labute approximate surface area is 107 Å². The lowest BCUT2D eigenvalue weighted by Crippen LogP contribution is -2.21. The summed E-state index contributed by atoms with van der Waals surface area (Å²) in [6, 6.07) is 0. The molecule has 0 radical (unpaired) electrons. The second-order valence-electron chi connectivity index (χ2n) is 5.21. The van der Waals surface area contributed by atoms with Crippen LogP contribution in [0.1, 0.15) is 41.8 Å². The topological polar surface area (TPSA) is 83.0 Å². The summed E-state index contributed by atoms with van der Waals surface area (Å²) in [5.74, 6) is -0.453. The third-order valence-corrected chi connectivity index (χ3v) is 3.88. The summed E-state index contributed by atoms with van der Waals surface area (Å²) in [5, 5.41) is 9.44. The van der Waals surface area contributed by atoms with E-state index in [1.807, 2.05) is 20.8 Å². The van der Waals surface area contributed by atoms with Crippen LogP contribution in [0.2, 0.25) is 0 Å². The molecule has 0 fully saturated rings. The smallest absolute Gasteiger partial charge is 0.346 e. The van der Waals surface area contributed by atoms with Gasteiger partial charge < -0.3 is 10.1 Å². The highest BCUT2D eigenvalue weighted by Gasteiger charge is 2.22. The molecule has 0 amide bonds. The molecule has 0 spiro atoms. The number of nitrogens with one attached hydrogen (secondary N) is 1. The maximum Gasteiger partial charge on any atom is 0.346 e. The fraction of sp³-hybridized carbons (Fsp3) is 0.417. The standard InChI is InChI=1S/C12H14N2O3S/c1-5-6-8(15)13-11(12(2,3)4)14-9(6)18-7(5)10(16)17/h1-4H3,(H,16,17)(H,13,14,15). The highest BCUT2D eigenvalue weighted by Crippen LogP contribution is 2.28. The number of carboxylic acids is 1. The number of aromatic nitrogens is 2. The molecule has 2 heterocycles. The van der Waals surface area contributed by atoms with Crippen LogP contribution in [0.4, 0.5) is 0 Å². The summed E-state index contributed by atoms with van der Waals surface area (Å²) in [7, 11) is 0. The number of hydrogen-bond acceptors (Lipinski definition) is 4. The second-order valence-corrected chi connectivity index (χ2v) is 6.21. The number of thiophene rings is 1. The number of rotatable bonds is 1. The van der Waals surface area contributed by atoms with E-state index in [0.717, 1.165) is 11.3 Å². The van der Waals surface area contributed by atoms with Crippen molar-refractivity contribution in [1.29, 1.82) is 0 Å². The molecule has 0 aliphatic heterocycles. The van der Waals surface area contributed by atoms with Crippen molar-refractivity contribution in [1.82, 2.24) is 9.97 Å². The highest BCUT2D eigenvalue weighted by molar-refractivity contribution is 7.20. The maximum atomic E-state index is 12.0. The van der Waals surface area contributed by atoms with Crippen LogP contribution in [0, 0.1) is 6.92 Å². The molecule has 18 heavy (non-hydrogen) atoms. The summed E-state index contributed by atoms with van der Waals surface area (Å²) < 4.78 is 0. The Kier molecular flexibility index (Phi) is 2.77. The van der Waals surface area contributed by atoms with Gasteiger partial charge in [-0.2, -0.15) is 0 Å². The summed E-state index contributed by atoms with van der Waals surface area (Å²) >= 11 is 1.05. The lowest BCUT2D eigenvalue weighted by atomic mass is 9.96. The zero-order valence-corrected chi connectivity index (χ0v) is 11.4. The van der Waals surface area contributed by atoms with Gasteiger partial charge in [0.2, 0.25) is 0 Å². The molecule has 0 unspecified atom stereocenters. The van der Waals surface area contributed by atoms with E-state index in [9.17, 15) is 9.59 Å². The van der Waals surface area contributed by atoms with E-state index >= 15 is 0 Å². The van der Waals surface area contributed by atoms with Crippen LogP contribution in [0.15, 0.2) is 4.79 Å². The Morgan fingerprint density at radius 2 is 2.00 bits per heavy atom. The molecule has 0 saturated heterocycles. The SMILES string of the molecule is Cc1c(C(=O)O)sc2nc(C(C)(C)C)[nH]c(=O)c12. The van der Waals surface area contributed by atoms with Crippen LogP contribution in [0.3, 0.4) is 0 Å². The number of carbonyl (C=O) groups is 1. The van der Waals surface area contributed by atoms with Crippen LogP contribution in [0.25, 0.3) is 10.2 Å². The third-order valence-electron chi connectivity index (χ3n) is 2.71. The van der Waals surface area contributed by atoms with Crippen molar-refractivity contribution in [3.05, 3.63) is 26.6 Å². The van der Waals surface area contributed by atoms with Crippen LogP contribution >= 0.6 is 11.3 Å². The first-order chi connectivity index (χ1) is 8.21. The van der Waals surface area contributed by atoms with E-state index in [0.29, 0.717) is 21.6 Å². The third kappa shape index (κ3) is 1.92. The van der Waals surface area contributed by atoms with Gasteiger partial charge >= 0.3 is 5.97 Å². The monoisotopic (exact) mass is 266 g/mol. The maximum absolute atomic E-state index is 12.0. The summed E-state index contributed by atoms with van der Waals surface area (Å²) in [5.41, 5.74) is -0.0721. The van der Waals surface area contributed by atoms with Gasteiger partial charge in [0, 0.05) is 5.41 Å². The van der Waals surface area contributed by atoms with Crippen molar-refractivity contribution in [2.75, 3.05) is 0 Å². The van der Waals surface area contributed by atoms with E-state index in [4.69, 9.17) is 5.11 Å². The van der Waals surface area contributed by atoms with Crippen molar-refractivity contribution in [2.24, 2.45) is 0 Å². The largest absolute Gasteiger partial charge is 0.477 e. The zero-order chi connectivity index (χ0) is 13.7. The Bertz CT molecular complexity index is 692. The Hall–Kier alpha value is -1.69. The van der Waals surface area contributed by atoms with E-state index in [1.165, 1.54) is 0 Å². The van der Waals surface area contributed by atoms with Crippen LogP contribution < -0.4 is 5.56 Å². The number of hydrogen-bond donors (Lipinski definition) is 2. The van der Waals surface area contributed by atoms with Crippen molar-refractivity contribution in [3.8, 4) is 0 Å². The van der Waals surface area contributed by atoms with E-state index in [2.05, 4.69) is 9.97 Å². The lowest BCUT2D eigenvalue weighted by Gasteiger charge is -2.16. The van der Waals surface area contributed by atoms with Gasteiger partial charge in [0.1, 0.15) is 15.5 Å². The van der Waals surface area contributed by atoms with Gasteiger partial charge in [-0.05, 0) is 12.5 Å². The fourth-order valence-corrected chi connectivity index (χ4v) is 2.72. The molecule has 0 saturated carbocycles. The molecular weight excluding hydrogens is 252 g/mol. The van der Waals surface area contributed by atoms with Crippen molar-refractivity contribution >= 4 is 27.5 Å². The molecule has 2 N–H and O–H groups in total. The first kappa shape index (κ1) is 12.8. The van der Waals surface area contributed by atoms with Crippen molar-refractivity contribution in [2.45, 2.75) is 33.1 Å². The minimum absolute atomic E-state index is 0.175. The second kappa shape index (κ2) is 3.91. The van der Waals surface area contributed by atoms with Crippen LogP contribution in [-0.2, 0) is 5.41 Å². The van der Waals surface area contributed by atoms with E-state index < -0.39 is 5.97 Å². The van der Waals surface area contributed by atoms with Crippen LogP contribution in [-0.4, -0.2) is 21.0 Å². The summed E-state index contributed by atoms with van der Waals surface area (Å²) in [6.45, 7) is 7.46. The minimum Gasteiger partial charge on any atom is -0.477 e. The fourth-order valence-electron chi connectivity index (χ4n) is 1.70. The molecule has 0 atom stereocenters. The number of nitrogens with zero attached hydrogens (tertiary/aromatic N) is 1. The molecule has 0 aliphatic rings. The molecule has 0 bridgehead atoms. The molecule has 96 valence electrons.